The van der Waals surface area contributed by atoms with Crippen molar-refractivity contribution in [2.45, 2.75) is 54.5 Å². The Kier molecular flexibility index (Phi) is 8.63. The van der Waals surface area contributed by atoms with Crippen LogP contribution in [0.4, 0.5) is 5.13 Å². The van der Waals surface area contributed by atoms with E-state index in [2.05, 4.69) is 49.8 Å². The van der Waals surface area contributed by atoms with E-state index in [0.29, 0.717) is 12.2 Å². The summed E-state index contributed by atoms with van der Waals surface area (Å²) >= 11 is 1.60. The van der Waals surface area contributed by atoms with Gasteiger partial charge in [0, 0.05) is 19.1 Å². The summed E-state index contributed by atoms with van der Waals surface area (Å²) in [6.07, 6.45) is 0. The molecule has 8 heteroatoms. The first-order valence-corrected chi connectivity index (χ1v) is 11.5. The first kappa shape index (κ1) is 25.3. The van der Waals surface area contributed by atoms with Crippen molar-refractivity contribution in [1.82, 2.24) is 19.7 Å². The van der Waals surface area contributed by atoms with E-state index < -0.39 is 0 Å². The van der Waals surface area contributed by atoms with Crippen LogP contribution < -0.4 is 4.90 Å². The van der Waals surface area contributed by atoms with Crippen LogP contribution in [0.25, 0.3) is 10.2 Å². The van der Waals surface area contributed by atoms with Crippen LogP contribution in [0, 0.1) is 20.8 Å². The highest BCUT2D eigenvalue weighted by molar-refractivity contribution is 7.22. The minimum Gasteiger partial charge on any atom is -0.302 e. The number of aryl methyl sites for hydroxylation is 3. The Labute approximate surface area is 195 Å². The number of amides is 1. The summed E-state index contributed by atoms with van der Waals surface area (Å²) in [5, 5.41) is 5.30. The molecule has 170 valence electrons. The number of halogens is 1. The SMILES string of the molecule is CCN(CC)CCN(C(=O)c1cc(C)nn1C(C)C)c1nc2cc(C)cc(C)c2s1.Cl. The second-order valence-electron chi connectivity index (χ2n) is 8.12. The van der Waals surface area contributed by atoms with Crippen LogP contribution >= 0.6 is 23.7 Å². The molecular weight excluding hydrogens is 430 g/mol. The number of benzene rings is 1. The smallest absolute Gasteiger partial charge is 0.278 e. The third kappa shape index (κ3) is 5.45. The molecule has 0 saturated heterocycles. The van der Waals surface area contributed by atoms with E-state index in [0.717, 1.165) is 40.7 Å². The van der Waals surface area contributed by atoms with Crippen LogP contribution in [0.5, 0.6) is 0 Å². The summed E-state index contributed by atoms with van der Waals surface area (Å²) in [4.78, 5) is 22.8. The molecule has 3 aromatic rings. The van der Waals surface area contributed by atoms with Crippen LogP contribution in [0.15, 0.2) is 18.2 Å². The minimum absolute atomic E-state index is 0. The van der Waals surface area contributed by atoms with Gasteiger partial charge in [0.1, 0.15) is 5.69 Å². The van der Waals surface area contributed by atoms with E-state index in [1.54, 1.807) is 11.3 Å². The Bertz CT molecular complexity index is 1040. The average Bonchev–Trinajstić information content (AvgIpc) is 3.28. The molecule has 0 radical (unpaired) electrons. The highest BCUT2D eigenvalue weighted by atomic mass is 35.5. The number of fused-ring (bicyclic) bond motifs is 1. The van der Waals surface area contributed by atoms with E-state index in [4.69, 9.17) is 4.98 Å². The molecule has 6 nitrogen and oxygen atoms in total. The zero-order valence-electron chi connectivity index (χ0n) is 19.6. The molecule has 0 fully saturated rings. The van der Waals surface area contributed by atoms with Crippen LogP contribution in [-0.2, 0) is 0 Å². The number of hydrogen-bond acceptors (Lipinski definition) is 5. The van der Waals surface area contributed by atoms with Crippen LogP contribution in [0.2, 0.25) is 0 Å². The van der Waals surface area contributed by atoms with Gasteiger partial charge in [-0.1, -0.05) is 31.3 Å². The summed E-state index contributed by atoms with van der Waals surface area (Å²) in [6.45, 7) is 17.8. The fraction of sp³-hybridized carbons (Fsp3) is 0.522. The van der Waals surface area contributed by atoms with Crippen molar-refractivity contribution in [3.05, 3.63) is 40.7 Å². The van der Waals surface area contributed by atoms with Crippen molar-refractivity contribution < 1.29 is 4.79 Å². The van der Waals surface area contributed by atoms with Crippen molar-refractivity contribution in [2.24, 2.45) is 0 Å². The number of hydrogen-bond donors (Lipinski definition) is 0. The lowest BCUT2D eigenvalue weighted by Gasteiger charge is -2.25. The van der Waals surface area contributed by atoms with E-state index in [1.807, 2.05) is 36.4 Å². The molecule has 0 aliphatic carbocycles. The van der Waals surface area contributed by atoms with Crippen molar-refractivity contribution >= 4 is 45.0 Å². The van der Waals surface area contributed by atoms with Gasteiger partial charge in [-0.25, -0.2) is 4.98 Å². The monoisotopic (exact) mass is 463 g/mol. The van der Waals surface area contributed by atoms with Gasteiger partial charge < -0.3 is 4.90 Å². The molecule has 0 spiro atoms. The minimum atomic E-state index is -0.0371. The van der Waals surface area contributed by atoms with Crippen molar-refractivity contribution in [2.75, 3.05) is 31.1 Å². The second-order valence-corrected chi connectivity index (χ2v) is 9.10. The predicted molar refractivity (Wildman–Crippen MR) is 133 cm³/mol. The van der Waals surface area contributed by atoms with Crippen molar-refractivity contribution in [3.63, 3.8) is 0 Å². The largest absolute Gasteiger partial charge is 0.302 e. The highest BCUT2D eigenvalue weighted by Crippen LogP contribution is 2.33. The average molecular weight is 464 g/mol. The van der Waals surface area contributed by atoms with E-state index >= 15 is 0 Å². The molecule has 3 rings (SSSR count). The van der Waals surface area contributed by atoms with Crippen molar-refractivity contribution in [1.29, 1.82) is 0 Å². The standard InChI is InChI=1S/C23H33N5OS.ClH/c1-8-26(9-2)10-11-27(22(29)20-14-18(7)25-28(20)15(3)4)23-24-19-13-16(5)12-17(6)21(19)30-23;/h12-15H,8-11H2,1-7H3;1H. The lowest BCUT2D eigenvalue weighted by Crippen LogP contribution is -2.39. The molecule has 1 amide bonds. The number of carbonyl (C=O) groups is 1. The van der Waals surface area contributed by atoms with Gasteiger partial charge >= 0.3 is 0 Å². The van der Waals surface area contributed by atoms with Crippen LogP contribution in [0.3, 0.4) is 0 Å². The number of anilines is 1. The maximum Gasteiger partial charge on any atom is 0.278 e. The number of carbonyl (C=O) groups excluding carboxylic acids is 1. The number of thiazole rings is 1. The van der Waals surface area contributed by atoms with Gasteiger partial charge in [0.15, 0.2) is 5.13 Å². The molecular formula is C23H34ClN5OS. The predicted octanol–water partition coefficient (Wildman–Crippen LogP) is 5.41. The summed E-state index contributed by atoms with van der Waals surface area (Å²) in [7, 11) is 0. The molecule has 1 aromatic carbocycles. The summed E-state index contributed by atoms with van der Waals surface area (Å²) in [6, 6.07) is 6.26. The van der Waals surface area contributed by atoms with E-state index in [-0.39, 0.29) is 24.4 Å². The third-order valence-corrected chi connectivity index (χ3v) is 6.61. The molecule has 0 aliphatic rings. The highest BCUT2D eigenvalue weighted by Gasteiger charge is 2.26. The van der Waals surface area contributed by atoms with Crippen LogP contribution in [-0.4, -0.2) is 51.8 Å². The Morgan fingerprint density at radius 1 is 1.10 bits per heavy atom. The van der Waals surface area contributed by atoms with Gasteiger partial charge in [-0.05, 0) is 71.0 Å². The van der Waals surface area contributed by atoms with Crippen molar-refractivity contribution in [3.8, 4) is 0 Å². The first-order valence-electron chi connectivity index (χ1n) is 10.7. The van der Waals surface area contributed by atoms with Gasteiger partial charge in [0.2, 0.25) is 0 Å². The zero-order chi connectivity index (χ0) is 22.0. The van der Waals surface area contributed by atoms with Gasteiger partial charge in [0.05, 0.1) is 15.9 Å². The quantitative estimate of drug-likeness (QED) is 0.448. The summed E-state index contributed by atoms with van der Waals surface area (Å²) in [5.41, 5.74) is 4.82. The Morgan fingerprint density at radius 3 is 2.39 bits per heavy atom. The van der Waals surface area contributed by atoms with Gasteiger partial charge in [-0.2, -0.15) is 5.10 Å². The number of aromatic nitrogens is 3. The molecule has 0 bridgehead atoms. The van der Waals surface area contributed by atoms with Gasteiger partial charge in [-0.15, -0.1) is 12.4 Å². The Morgan fingerprint density at radius 2 is 1.77 bits per heavy atom. The Balaban J connectivity index is 0.00000341. The fourth-order valence-electron chi connectivity index (χ4n) is 3.75. The number of rotatable bonds is 8. The molecule has 0 saturated carbocycles. The van der Waals surface area contributed by atoms with Gasteiger partial charge in [-0.3, -0.25) is 14.4 Å². The van der Waals surface area contributed by atoms with E-state index in [9.17, 15) is 4.79 Å². The molecule has 0 atom stereocenters. The molecule has 2 heterocycles. The zero-order valence-corrected chi connectivity index (χ0v) is 21.2. The van der Waals surface area contributed by atoms with E-state index in [1.165, 1.54) is 11.1 Å². The van der Waals surface area contributed by atoms with Crippen LogP contribution in [0.1, 0.15) is 61.0 Å². The molecule has 0 unspecified atom stereocenters. The number of likely N-dealkylation sites (N-methyl/N-ethyl adjacent to an activating group) is 1. The fourth-order valence-corrected chi connectivity index (χ4v) is 4.79. The molecule has 31 heavy (non-hydrogen) atoms. The topological polar surface area (TPSA) is 54.3 Å². The lowest BCUT2D eigenvalue weighted by molar-refractivity contribution is 0.0971. The van der Waals surface area contributed by atoms with Gasteiger partial charge in [0.25, 0.3) is 5.91 Å². The summed E-state index contributed by atoms with van der Waals surface area (Å²) < 4.78 is 2.97. The maximum atomic E-state index is 13.7. The normalized spacial score (nSPS) is 11.4. The molecule has 0 aliphatic heterocycles. The first-order chi connectivity index (χ1) is 14.2. The molecule has 0 N–H and O–H groups in total. The molecule has 2 aromatic heterocycles. The summed E-state index contributed by atoms with van der Waals surface area (Å²) in [5.74, 6) is -0.0371. The lowest BCUT2D eigenvalue weighted by atomic mass is 10.1. The maximum absolute atomic E-state index is 13.7. The third-order valence-electron chi connectivity index (χ3n) is 5.39. The Hall–Kier alpha value is -1.96. The second kappa shape index (κ2) is 10.6. The number of nitrogens with zero attached hydrogens (tertiary/aromatic N) is 5.